The van der Waals surface area contributed by atoms with E-state index in [1.165, 1.54) is 0 Å². The van der Waals surface area contributed by atoms with Crippen LogP contribution in [0.4, 0.5) is 8.78 Å². The third-order valence-electron chi connectivity index (χ3n) is 4.25. The molecule has 0 aromatic carbocycles. The third-order valence-corrected chi connectivity index (χ3v) is 4.25. The average molecular weight is 358 g/mol. The van der Waals surface area contributed by atoms with E-state index in [9.17, 15) is 13.6 Å². The first-order chi connectivity index (χ1) is 12.2. The Hall–Kier alpha value is -2.83. The second kappa shape index (κ2) is 6.48. The normalized spacial score (nSPS) is 12.3. The van der Waals surface area contributed by atoms with Gasteiger partial charge in [0.15, 0.2) is 0 Å². The zero-order chi connectivity index (χ0) is 18.9. The number of aromatic amines is 1. The van der Waals surface area contributed by atoms with Crippen LogP contribution in [0.1, 0.15) is 26.5 Å². The van der Waals surface area contributed by atoms with Crippen molar-refractivity contribution < 1.29 is 13.6 Å². The fraction of sp³-hybridized carbons (Fsp3) is 0.316. The molecule has 0 saturated carbocycles. The second-order valence-electron chi connectivity index (χ2n) is 6.88. The van der Waals surface area contributed by atoms with Gasteiger partial charge in [-0.15, -0.1) is 0 Å². The summed E-state index contributed by atoms with van der Waals surface area (Å²) in [5, 5.41) is 3.22. The number of hydrogen-bond donors (Lipinski definition) is 2. The molecule has 0 aliphatic carbocycles. The zero-order valence-electron chi connectivity index (χ0n) is 14.8. The fourth-order valence-corrected chi connectivity index (χ4v) is 2.69. The van der Waals surface area contributed by atoms with E-state index in [-0.39, 0.29) is 0 Å². The minimum absolute atomic E-state index is 0.495. The molecule has 7 heteroatoms. The molecule has 3 rings (SSSR count). The molecule has 0 unspecified atom stereocenters. The molecule has 5 nitrogen and oxygen atoms in total. The Morgan fingerprint density at radius 2 is 1.96 bits per heavy atom. The van der Waals surface area contributed by atoms with Crippen LogP contribution in [0.15, 0.2) is 42.7 Å². The Labute approximate surface area is 149 Å². The number of carbonyl (C=O) groups excluding carboxylic acids is 1. The Bertz CT molecular complexity index is 944. The van der Waals surface area contributed by atoms with E-state index in [1.807, 2.05) is 18.2 Å². The molecule has 0 spiro atoms. The molecule has 0 aliphatic rings. The van der Waals surface area contributed by atoms with E-state index < -0.39 is 23.8 Å². The summed E-state index contributed by atoms with van der Waals surface area (Å²) in [6.07, 6.45) is 3.48. The first kappa shape index (κ1) is 18.0. The number of halogens is 2. The summed E-state index contributed by atoms with van der Waals surface area (Å²) < 4.78 is 26.1. The van der Waals surface area contributed by atoms with E-state index in [2.05, 4.69) is 20.3 Å². The number of rotatable bonds is 5. The van der Waals surface area contributed by atoms with Gasteiger partial charge in [-0.3, -0.25) is 9.78 Å². The Morgan fingerprint density at radius 1 is 1.19 bits per heavy atom. The SMILES string of the molecule is CC(F)(F)CNC(=O)C(C)(C)c1cccc(-c2ccnc3[nH]ccc23)n1. The molecule has 3 aromatic heterocycles. The Balaban J connectivity index is 1.94. The minimum Gasteiger partial charge on any atom is -0.349 e. The van der Waals surface area contributed by atoms with Gasteiger partial charge in [-0.05, 0) is 38.1 Å². The van der Waals surface area contributed by atoms with Gasteiger partial charge in [0, 0.05) is 30.3 Å². The topological polar surface area (TPSA) is 70.7 Å². The summed E-state index contributed by atoms with van der Waals surface area (Å²) in [5.41, 5.74) is 1.78. The first-order valence-electron chi connectivity index (χ1n) is 8.24. The molecule has 0 bridgehead atoms. The number of pyridine rings is 2. The molecule has 26 heavy (non-hydrogen) atoms. The van der Waals surface area contributed by atoms with E-state index in [0.29, 0.717) is 11.4 Å². The molecule has 2 N–H and O–H groups in total. The quantitative estimate of drug-likeness (QED) is 0.731. The monoisotopic (exact) mass is 358 g/mol. The Kier molecular flexibility index (Phi) is 4.48. The highest BCUT2D eigenvalue weighted by Gasteiger charge is 2.33. The molecule has 0 radical (unpaired) electrons. The van der Waals surface area contributed by atoms with Gasteiger partial charge in [-0.1, -0.05) is 6.07 Å². The van der Waals surface area contributed by atoms with Crippen LogP contribution in [-0.2, 0) is 10.2 Å². The van der Waals surface area contributed by atoms with Gasteiger partial charge in [0.25, 0.3) is 5.92 Å². The van der Waals surface area contributed by atoms with Crippen molar-refractivity contribution in [1.82, 2.24) is 20.3 Å². The molecule has 0 fully saturated rings. The van der Waals surface area contributed by atoms with Crippen LogP contribution < -0.4 is 5.32 Å². The maximum atomic E-state index is 13.0. The van der Waals surface area contributed by atoms with Crippen molar-refractivity contribution in [3.8, 4) is 11.3 Å². The summed E-state index contributed by atoms with van der Waals surface area (Å²) in [5.74, 6) is -3.46. The first-order valence-corrected chi connectivity index (χ1v) is 8.24. The van der Waals surface area contributed by atoms with E-state index in [4.69, 9.17) is 0 Å². The lowest BCUT2D eigenvalue weighted by molar-refractivity contribution is -0.127. The van der Waals surface area contributed by atoms with Crippen LogP contribution in [-0.4, -0.2) is 33.3 Å². The number of H-pyrrole nitrogens is 1. The summed E-state index contributed by atoms with van der Waals surface area (Å²) in [6.45, 7) is 3.40. The number of alkyl halides is 2. The van der Waals surface area contributed by atoms with E-state index in [0.717, 1.165) is 23.5 Å². The fourth-order valence-electron chi connectivity index (χ4n) is 2.69. The van der Waals surface area contributed by atoms with Crippen molar-refractivity contribution in [3.05, 3.63) is 48.4 Å². The number of nitrogens with zero attached hydrogens (tertiary/aromatic N) is 2. The minimum atomic E-state index is -2.96. The van der Waals surface area contributed by atoms with Crippen molar-refractivity contribution in [2.45, 2.75) is 32.1 Å². The number of carbonyl (C=O) groups is 1. The van der Waals surface area contributed by atoms with Crippen molar-refractivity contribution in [3.63, 3.8) is 0 Å². The molecule has 0 atom stereocenters. The molecule has 1 amide bonds. The Morgan fingerprint density at radius 3 is 2.69 bits per heavy atom. The van der Waals surface area contributed by atoms with Crippen molar-refractivity contribution in [1.29, 1.82) is 0 Å². The summed E-state index contributed by atoms with van der Waals surface area (Å²) in [6, 6.07) is 9.14. The van der Waals surface area contributed by atoms with Crippen LogP contribution in [0.3, 0.4) is 0 Å². The predicted octanol–water partition coefficient (Wildman–Crippen LogP) is 3.67. The van der Waals surface area contributed by atoms with Gasteiger partial charge in [0.2, 0.25) is 5.91 Å². The maximum absolute atomic E-state index is 13.0. The predicted molar refractivity (Wildman–Crippen MR) is 96.0 cm³/mol. The highest BCUT2D eigenvalue weighted by molar-refractivity contribution is 5.92. The number of fused-ring (bicyclic) bond motifs is 1. The molecular weight excluding hydrogens is 338 g/mol. The lowest BCUT2D eigenvalue weighted by Crippen LogP contribution is -2.44. The van der Waals surface area contributed by atoms with Gasteiger partial charge >= 0.3 is 0 Å². The molecule has 136 valence electrons. The van der Waals surface area contributed by atoms with Gasteiger partial charge in [0.05, 0.1) is 23.3 Å². The average Bonchev–Trinajstić information content (AvgIpc) is 3.07. The lowest BCUT2D eigenvalue weighted by Gasteiger charge is -2.24. The highest BCUT2D eigenvalue weighted by Crippen LogP contribution is 2.29. The van der Waals surface area contributed by atoms with E-state index in [1.54, 1.807) is 38.4 Å². The van der Waals surface area contributed by atoms with Gasteiger partial charge in [0.1, 0.15) is 5.65 Å². The summed E-state index contributed by atoms with van der Waals surface area (Å²) in [4.78, 5) is 24.4. The maximum Gasteiger partial charge on any atom is 0.262 e. The van der Waals surface area contributed by atoms with Crippen molar-refractivity contribution >= 4 is 16.9 Å². The smallest absolute Gasteiger partial charge is 0.262 e. The van der Waals surface area contributed by atoms with Crippen LogP contribution in [0, 0.1) is 0 Å². The highest BCUT2D eigenvalue weighted by atomic mass is 19.3. The van der Waals surface area contributed by atoms with Crippen molar-refractivity contribution in [2.24, 2.45) is 0 Å². The van der Waals surface area contributed by atoms with Crippen LogP contribution in [0.25, 0.3) is 22.3 Å². The zero-order valence-corrected chi connectivity index (χ0v) is 14.8. The van der Waals surface area contributed by atoms with E-state index >= 15 is 0 Å². The van der Waals surface area contributed by atoms with Crippen LogP contribution in [0.2, 0.25) is 0 Å². The van der Waals surface area contributed by atoms with Crippen LogP contribution >= 0.6 is 0 Å². The number of hydrogen-bond acceptors (Lipinski definition) is 3. The number of aromatic nitrogens is 3. The second-order valence-corrected chi connectivity index (χ2v) is 6.88. The van der Waals surface area contributed by atoms with Gasteiger partial charge < -0.3 is 10.3 Å². The lowest BCUT2D eigenvalue weighted by atomic mass is 9.87. The largest absolute Gasteiger partial charge is 0.349 e. The molecule has 3 heterocycles. The number of amides is 1. The standard InChI is InChI=1S/C19H20F2N4O/c1-18(2,17(26)24-11-19(3,20)21)15-6-4-5-14(25-15)12-7-9-22-16-13(12)8-10-23-16/h4-10H,11H2,1-3H3,(H,22,23)(H,24,26). The third kappa shape index (κ3) is 3.56. The van der Waals surface area contributed by atoms with Gasteiger partial charge in [-0.2, -0.15) is 0 Å². The van der Waals surface area contributed by atoms with Crippen LogP contribution in [0.5, 0.6) is 0 Å². The van der Waals surface area contributed by atoms with Crippen molar-refractivity contribution in [2.75, 3.05) is 6.54 Å². The molecule has 0 aliphatic heterocycles. The molecule has 3 aromatic rings. The van der Waals surface area contributed by atoms with Gasteiger partial charge in [-0.25, -0.2) is 13.8 Å². The molecular formula is C19H20F2N4O. The summed E-state index contributed by atoms with van der Waals surface area (Å²) in [7, 11) is 0. The molecule has 0 saturated heterocycles. The summed E-state index contributed by atoms with van der Waals surface area (Å²) >= 11 is 0. The number of nitrogens with one attached hydrogen (secondary N) is 2.